The van der Waals surface area contributed by atoms with E-state index in [0.717, 1.165) is 30.0 Å². The van der Waals surface area contributed by atoms with Gasteiger partial charge in [0.25, 0.3) is 11.2 Å². The highest BCUT2D eigenvalue weighted by atomic mass is 32.2. The number of halogens is 1. The molecular weight excluding hydrogens is 407 g/mol. The number of allylic oxidation sites excluding steroid dienone is 1. The van der Waals surface area contributed by atoms with Crippen LogP contribution in [0.2, 0.25) is 0 Å². The van der Waals surface area contributed by atoms with Crippen LogP contribution in [0.15, 0.2) is 52.3 Å². The number of thiophene rings is 1. The summed E-state index contributed by atoms with van der Waals surface area (Å²) >= 11 is 2.31. The Morgan fingerprint density at radius 1 is 1.46 bits per heavy atom. The number of carbonyl (C=O) groups is 1. The van der Waals surface area contributed by atoms with Gasteiger partial charge in [0.15, 0.2) is 5.16 Å². The minimum Gasteiger partial charge on any atom is -0.323 e. The van der Waals surface area contributed by atoms with Crippen molar-refractivity contribution in [2.24, 2.45) is 0 Å². The molecule has 11 heteroatoms. The zero-order valence-electron chi connectivity index (χ0n) is 14.3. The topological polar surface area (TPSA) is 107 Å². The molecule has 0 aliphatic carbocycles. The van der Waals surface area contributed by atoms with Gasteiger partial charge in [-0.1, -0.05) is 17.8 Å². The standard InChI is InChI=1S/C17H13FN4O4S2/c1-2-6-21-16(24)11-5-7-27-15(11)20-17(21)28-9-14(23)19-13-8-10(22(25)26)3-4-12(13)18/h2-5,7-8H,1,6,9H2,(H,19,23). The number of fused-ring (bicyclic) bond motifs is 1. The third kappa shape index (κ3) is 4.10. The lowest BCUT2D eigenvalue weighted by Crippen LogP contribution is -2.23. The first kappa shape index (κ1) is 19.7. The second-order valence-corrected chi connectivity index (χ2v) is 7.33. The molecule has 1 N–H and O–H groups in total. The summed E-state index contributed by atoms with van der Waals surface area (Å²) in [6, 6.07) is 4.55. The summed E-state index contributed by atoms with van der Waals surface area (Å²) in [4.78, 5) is 39.8. The van der Waals surface area contributed by atoms with Crippen LogP contribution in [0.25, 0.3) is 10.2 Å². The predicted molar refractivity (Wildman–Crippen MR) is 106 cm³/mol. The van der Waals surface area contributed by atoms with Crippen LogP contribution in [0.5, 0.6) is 0 Å². The molecule has 0 unspecified atom stereocenters. The molecule has 0 spiro atoms. The Balaban J connectivity index is 1.79. The Morgan fingerprint density at radius 3 is 2.96 bits per heavy atom. The Bertz CT molecular complexity index is 1140. The third-order valence-electron chi connectivity index (χ3n) is 3.63. The van der Waals surface area contributed by atoms with E-state index in [1.807, 2.05) is 0 Å². The van der Waals surface area contributed by atoms with Gasteiger partial charge in [0.1, 0.15) is 10.6 Å². The molecule has 0 bridgehead atoms. The van der Waals surface area contributed by atoms with E-state index >= 15 is 0 Å². The van der Waals surface area contributed by atoms with Crippen molar-refractivity contribution in [2.75, 3.05) is 11.1 Å². The van der Waals surface area contributed by atoms with Crippen LogP contribution in [0.3, 0.4) is 0 Å². The molecular formula is C17H13FN4O4S2. The van der Waals surface area contributed by atoms with Crippen molar-refractivity contribution < 1.29 is 14.1 Å². The van der Waals surface area contributed by atoms with E-state index in [4.69, 9.17) is 0 Å². The number of non-ortho nitro benzene ring substituents is 1. The highest BCUT2D eigenvalue weighted by Crippen LogP contribution is 2.23. The average Bonchev–Trinajstić information content (AvgIpc) is 3.13. The Labute approximate surface area is 165 Å². The van der Waals surface area contributed by atoms with Crippen LogP contribution in [0, 0.1) is 15.9 Å². The lowest BCUT2D eigenvalue weighted by atomic mass is 10.2. The van der Waals surface area contributed by atoms with Gasteiger partial charge in [-0.25, -0.2) is 9.37 Å². The molecule has 2 aromatic heterocycles. The number of nitro benzene ring substituents is 1. The van der Waals surface area contributed by atoms with E-state index in [0.29, 0.717) is 15.4 Å². The summed E-state index contributed by atoms with van der Waals surface area (Å²) in [7, 11) is 0. The molecule has 28 heavy (non-hydrogen) atoms. The van der Waals surface area contributed by atoms with Gasteiger partial charge in [-0.3, -0.25) is 24.3 Å². The lowest BCUT2D eigenvalue weighted by molar-refractivity contribution is -0.384. The first-order valence-corrected chi connectivity index (χ1v) is 9.72. The number of aromatic nitrogens is 2. The monoisotopic (exact) mass is 420 g/mol. The summed E-state index contributed by atoms with van der Waals surface area (Å²) in [5, 5.41) is 15.7. The van der Waals surface area contributed by atoms with Crippen molar-refractivity contribution in [3.05, 3.63) is 68.6 Å². The molecule has 1 amide bonds. The van der Waals surface area contributed by atoms with Crippen molar-refractivity contribution in [3.63, 3.8) is 0 Å². The van der Waals surface area contributed by atoms with Gasteiger partial charge in [-0.05, 0) is 17.5 Å². The minimum atomic E-state index is -0.786. The lowest BCUT2D eigenvalue weighted by Gasteiger charge is -2.10. The van der Waals surface area contributed by atoms with Crippen molar-refractivity contribution in [1.82, 2.24) is 9.55 Å². The van der Waals surface area contributed by atoms with Gasteiger partial charge in [-0.2, -0.15) is 0 Å². The van der Waals surface area contributed by atoms with Crippen LogP contribution < -0.4 is 10.9 Å². The molecule has 1 aromatic carbocycles. The van der Waals surface area contributed by atoms with Crippen LogP contribution in [0.4, 0.5) is 15.8 Å². The fourth-order valence-corrected chi connectivity index (χ4v) is 3.98. The molecule has 2 heterocycles. The van der Waals surface area contributed by atoms with Crippen LogP contribution >= 0.6 is 23.1 Å². The Hall–Kier alpha value is -3.05. The van der Waals surface area contributed by atoms with E-state index in [1.165, 1.54) is 15.9 Å². The molecule has 0 saturated carbocycles. The zero-order chi connectivity index (χ0) is 20.3. The number of thioether (sulfide) groups is 1. The van der Waals surface area contributed by atoms with Gasteiger partial charge in [0, 0.05) is 18.7 Å². The first-order valence-electron chi connectivity index (χ1n) is 7.86. The van der Waals surface area contributed by atoms with E-state index < -0.39 is 16.6 Å². The Kier molecular flexibility index (Phi) is 5.85. The Morgan fingerprint density at radius 2 is 2.25 bits per heavy atom. The molecule has 0 atom stereocenters. The summed E-state index contributed by atoms with van der Waals surface area (Å²) < 4.78 is 15.2. The number of anilines is 1. The zero-order valence-corrected chi connectivity index (χ0v) is 15.9. The molecule has 0 fully saturated rings. The molecule has 0 aliphatic heterocycles. The van der Waals surface area contributed by atoms with Gasteiger partial charge in [-0.15, -0.1) is 17.9 Å². The average molecular weight is 420 g/mol. The largest absolute Gasteiger partial charge is 0.323 e. The number of benzene rings is 1. The van der Waals surface area contributed by atoms with Crippen molar-refractivity contribution >= 4 is 50.6 Å². The molecule has 3 rings (SSSR count). The SMILES string of the molecule is C=CCn1c(SCC(=O)Nc2cc([N+](=O)[O-])ccc2F)nc2sccc2c1=O. The van der Waals surface area contributed by atoms with Crippen LogP contribution in [0.1, 0.15) is 0 Å². The van der Waals surface area contributed by atoms with Crippen LogP contribution in [-0.4, -0.2) is 26.1 Å². The maximum atomic E-state index is 13.8. The molecule has 0 aliphatic rings. The summed E-state index contributed by atoms with van der Waals surface area (Å²) in [6.45, 7) is 3.84. The number of nitrogens with one attached hydrogen (secondary N) is 1. The van der Waals surface area contributed by atoms with Crippen LogP contribution in [-0.2, 0) is 11.3 Å². The second kappa shape index (κ2) is 8.31. The van der Waals surface area contributed by atoms with Gasteiger partial charge in [0.2, 0.25) is 5.91 Å². The molecule has 0 saturated heterocycles. The predicted octanol–water partition coefficient (Wildman–Crippen LogP) is 3.42. The third-order valence-corrected chi connectivity index (χ3v) is 5.41. The summed E-state index contributed by atoms with van der Waals surface area (Å²) in [6.07, 6.45) is 1.55. The highest BCUT2D eigenvalue weighted by Gasteiger charge is 2.16. The highest BCUT2D eigenvalue weighted by molar-refractivity contribution is 7.99. The number of nitro groups is 1. The fraction of sp³-hybridized carbons (Fsp3) is 0.118. The van der Waals surface area contributed by atoms with Gasteiger partial charge < -0.3 is 5.32 Å². The number of carbonyl (C=O) groups excluding carboxylic acids is 1. The maximum Gasteiger partial charge on any atom is 0.271 e. The van der Waals surface area contributed by atoms with Gasteiger partial charge in [0.05, 0.1) is 21.7 Å². The van der Waals surface area contributed by atoms with Crippen molar-refractivity contribution in [2.45, 2.75) is 11.7 Å². The van der Waals surface area contributed by atoms with Crippen molar-refractivity contribution in [1.29, 1.82) is 0 Å². The van der Waals surface area contributed by atoms with E-state index in [2.05, 4.69) is 16.9 Å². The van der Waals surface area contributed by atoms with E-state index in [-0.39, 0.29) is 29.2 Å². The number of rotatable bonds is 7. The minimum absolute atomic E-state index is 0.164. The number of nitrogens with zero attached hydrogens (tertiary/aromatic N) is 3. The fourth-order valence-electron chi connectivity index (χ4n) is 2.37. The maximum absolute atomic E-state index is 13.8. The summed E-state index contributed by atoms with van der Waals surface area (Å²) in [5.41, 5.74) is -0.863. The van der Waals surface area contributed by atoms with Crippen molar-refractivity contribution in [3.8, 4) is 0 Å². The smallest absolute Gasteiger partial charge is 0.271 e. The summed E-state index contributed by atoms with van der Waals surface area (Å²) in [5.74, 6) is -1.54. The molecule has 3 aromatic rings. The molecule has 8 nitrogen and oxygen atoms in total. The van der Waals surface area contributed by atoms with Gasteiger partial charge >= 0.3 is 0 Å². The number of amides is 1. The second-order valence-electron chi connectivity index (χ2n) is 5.50. The number of hydrogen-bond acceptors (Lipinski definition) is 7. The van der Waals surface area contributed by atoms with E-state index in [1.54, 1.807) is 17.5 Å². The first-order chi connectivity index (χ1) is 13.4. The molecule has 144 valence electrons. The normalized spacial score (nSPS) is 10.8. The quantitative estimate of drug-likeness (QED) is 0.206. The molecule has 0 radical (unpaired) electrons. The number of hydrogen-bond donors (Lipinski definition) is 1. The van der Waals surface area contributed by atoms with E-state index in [9.17, 15) is 24.1 Å².